The third kappa shape index (κ3) is 6.92. The lowest BCUT2D eigenvalue weighted by molar-refractivity contribution is -0.137. The smallest absolute Gasteiger partial charge is 0.333 e. The van der Waals surface area contributed by atoms with Crippen LogP contribution in [0.1, 0.15) is 65.2 Å². The monoisotopic (exact) mass is 486 g/mol. The molecule has 0 spiro atoms. The molecule has 3 nitrogen and oxygen atoms in total. The Hall–Kier alpha value is -1.07. The van der Waals surface area contributed by atoms with Crippen LogP contribution in [0.5, 0.6) is 5.75 Å². The molecule has 1 rings (SSSR count). The SMILES string of the molecule is CCOC(=O)/C=C/Oc1c(C=C(Br)Br)cc(C(C)(C)C)cc1C(C)(C)C. The number of carbonyl (C=O) groups is 1. The van der Waals surface area contributed by atoms with E-state index in [4.69, 9.17) is 9.47 Å². The molecular formula is C21H28Br2O3. The van der Waals surface area contributed by atoms with Crippen LogP contribution < -0.4 is 4.74 Å². The van der Waals surface area contributed by atoms with E-state index in [1.807, 2.05) is 6.08 Å². The molecule has 0 aliphatic rings. The third-order valence-corrected chi connectivity index (χ3v) is 4.19. The molecule has 5 heteroatoms. The molecule has 144 valence electrons. The molecule has 0 aromatic heterocycles. The summed E-state index contributed by atoms with van der Waals surface area (Å²) in [5.74, 6) is 0.303. The van der Waals surface area contributed by atoms with E-state index in [0.29, 0.717) is 6.61 Å². The van der Waals surface area contributed by atoms with Crippen LogP contribution in [0, 0.1) is 0 Å². The number of esters is 1. The highest BCUT2D eigenvalue weighted by Crippen LogP contribution is 2.40. The van der Waals surface area contributed by atoms with Gasteiger partial charge in [0.1, 0.15) is 5.75 Å². The molecule has 0 amide bonds. The molecule has 1 aromatic rings. The molecule has 1 aromatic carbocycles. The van der Waals surface area contributed by atoms with Crippen molar-refractivity contribution < 1.29 is 14.3 Å². The topological polar surface area (TPSA) is 35.5 Å². The summed E-state index contributed by atoms with van der Waals surface area (Å²) in [6, 6.07) is 4.30. The number of benzene rings is 1. The molecule has 0 fully saturated rings. The summed E-state index contributed by atoms with van der Waals surface area (Å²) in [6.45, 7) is 15.1. The Morgan fingerprint density at radius 1 is 1.08 bits per heavy atom. The van der Waals surface area contributed by atoms with E-state index in [9.17, 15) is 4.79 Å². The van der Waals surface area contributed by atoms with Crippen LogP contribution in [-0.2, 0) is 20.4 Å². The molecule has 26 heavy (non-hydrogen) atoms. The van der Waals surface area contributed by atoms with Crippen LogP contribution in [0.4, 0.5) is 0 Å². The summed E-state index contributed by atoms with van der Waals surface area (Å²) >= 11 is 6.87. The van der Waals surface area contributed by atoms with E-state index < -0.39 is 5.97 Å². The summed E-state index contributed by atoms with van der Waals surface area (Å²) in [5.41, 5.74) is 3.10. The average Bonchev–Trinajstić information content (AvgIpc) is 2.45. The van der Waals surface area contributed by atoms with Crippen LogP contribution >= 0.6 is 31.9 Å². The Kier molecular flexibility index (Phi) is 8.15. The fraction of sp³-hybridized carbons (Fsp3) is 0.476. The van der Waals surface area contributed by atoms with Crippen LogP contribution in [-0.4, -0.2) is 12.6 Å². The standard InChI is InChI=1S/C21H28Br2O3/c1-8-25-18(24)9-10-26-19-14(12-17(22)23)11-15(20(2,3)4)13-16(19)21(5,6)7/h9-13H,8H2,1-7H3/b10-9+. The number of hydrogen-bond acceptors (Lipinski definition) is 3. The number of hydrogen-bond donors (Lipinski definition) is 0. The summed E-state index contributed by atoms with van der Waals surface area (Å²) in [4.78, 5) is 11.5. The molecule has 0 radical (unpaired) electrons. The Morgan fingerprint density at radius 2 is 1.69 bits per heavy atom. The zero-order valence-corrected chi connectivity index (χ0v) is 19.7. The fourth-order valence-electron chi connectivity index (χ4n) is 2.35. The van der Waals surface area contributed by atoms with Gasteiger partial charge in [-0.05, 0) is 67.3 Å². The average molecular weight is 488 g/mol. The van der Waals surface area contributed by atoms with Gasteiger partial charge in [-0.25, -0.2) is 4.79 Å². The first-order chi connectivity index (χ1) is 11.9. The largest absolute Gasteiger partial charge is 0.464 e. The van der Waals surface area contributed by atoms with Gasteiger partial charge in [0.25, 0.3) is 0 Å². The van der Waals surface area contributed by atoms with Crippen molar-refractivity contribution in [1.82, 2.24) is 0 Å². The van der Waals surface area contributed by atoms with Crippen LogP contribution in [0.25, 0.3) is 6.08 Å². The van der Waals surface area contributed by atoms with Crippen molar-refractivity contribution in [2.75, 3.05) is 6.61 Å². The maximum Gasteiger partial charge on any atom is 0.333 e. The van der Waals surface area contributed by atoms with Crippen molar-refractivity contribution in [2.24, 2.45) is 0 Å². The van der Waals surface area contributed by atoms with Crippen LogP contribution in [0.3, 0.4) is 0 Å². The quantitative estimate of drug-likeness (QED) is 0.259. The van der Waals surface area contributed by atoms with Crippen molar-refractivity contribution in [3.05, 3.63) is 44.6 Å². The number of halogens is 2. The Labute approximate surface area is 174 Å². The van der Waals surface area contributed by atoms with Gasteiger partial charge in [-0.3, -0.25) is 0 Å². The van der Waals surface area contributed by atoms with Gasteiger partial charge in [0.05, 0.1) is 22.3 Å². The normalized spacial score (nSPS) is 12.2. The first kappa shape index (κ1) is 23.0. The molecule has 0 aliphatic heterocycles. The fourth-order valence-corrected chi connectivity index (χ4v) is 2.84. The van der Waals surface area contributed by atoms with E-state index in [1.165, 1.54) is 17.9 Å². The predicted octanol–water partition coefficient (Wildman–Crippen LogP) is 6.83. The molecule has 0 saturated carbocycles. The molecule has 0 saturated heterocycles. The van der Waals surface area contributed by atoms with Crippen molar-refractivity contribution in [3.63, 3.8) is 0 Å². The van der Waals surface area contributed by atoms with Crippen LogP contribution in [0.2, 0.25) is 0 Å². The minimum absolute atomic E-state index is 0.000675. The minimum atomic E-state index is -0.421. The maximum atomic E-state index is 11.5. The second-order valence-corrected chi connectivity index (χ2v) is 10.8. The Bertz CT molecular complexity index is 701. The van der Waals surface area contributed by atoms with Crippen LogP contribution in [0.15, 0.2) is 27.9 Å². The Morgan fingerprint density at radius 3 is 2.15 bits per heavy atom. The first-order valence-electron chi connectivity index (χ1n) is 8.58. The van der Waals surface area contributed by atoms with Gasteiger partial charge < -0.3 is 9.47 Å². The highest BCUT2D eigenvalue weighted by molar-refractivity contribution is 9.28. The van der Waals surface area contributed by atoms with Crippen molar-refractivity contribution in [3.8, 4) is 5.75 Å². The highest BCUT2D eigenvalue weighted by atomic mass is 79.9. The summed E-state index contributed by atoms with van der Waals surface area (Å²) < 4.78 is 11.6. The van der Waals surface area contributed by atoms with Gasteiger partial charge in [-0.2, -0.15) is 0 Å². The number of carbonyl (C=O) groups excluding carboxylic acids is 1. The van der Waals surface area contributed by atoms with Gasteiger partial charge in [0, 0.05) is 11.1 Å². The molecule has 0 N–H and O–H groups in total. The zero-order chi connectivity index (χ0) is 20.1. The van der Waals surface area contributed by atoms with Crippen molar-refractivity contribution >= 4 is 43.9 Å². The lowest BCUT2D eigenvalue weighted by Gasteiger charge is -2.28. The van der Waals surface area contributed by atoms with E-state index in [1.54, 1.807) is 6.92 Å². The predicted molar refractivity (Wildman–Crippen MR) is 116 cm³/mol. The Balaban J connectivity index is 3.53. The van der Waals surface area contributed by atoms with Gasteiger partial charge in [-0.1, -0.05) is 47.6 Å². The lowest BCUT2D eigenvalue weighted by Crippen LogP contribution is -2.18. The first-order valence-corrected chi connectivity index (χ1v) is 10.2. The van der Waals surface area contributed by atoms with Crippen molar-refractivity contribution in [2.45, 2.75) is 59.3 Å². The van der Waals surface area contributed by atoms with Gasteiger partial charge in [0.2, 0.25) is 0 Å². The van der Waals surface area contributed by atoms with E-state index in [-0.39, 0.29) is 10.8 Å². The van der Waals surface area contributed by atoms with E-state index in [0.717, 1.165) is 20.3 Å². The second-order valence-electron chi connectivity index (χ2n) is 8.05. The zero-order valence-electron chi connectivity index (χ0n) is 16.6. The minimum Gasteiger partial charge on any atom is -0.464 e. The number of ether oxygens (including phenoxy) is 2. The van der Waals surface area contributed by atoms with Gasteiger partial charge in [-0.15, -0.1) is 0 Å². The van der Waals surface area contributed by atoms with Gasteiger partial charge in [0.15, 0.2) is 0 Å². The third-order valence-electron chi connectivity index (χ3n) is 3.73. The number of rotatable bonds is 5. The van der Waals surface area contributed by atoms with E-state index in [2.05, 4.69) is 85.5 Å². The second kappa shape index (κ2) is 9.23. The van der Waals surface area contributed by atoms with Gasteiger partial charge >= 0.3 is 5.97 Å². The molecule has 0 atom stereocenters. The van der Waals surface area contributed by atoms with Crippen molar-refractivity contribution in [1.29, 1.82) is 0 Å². The lowest BCUT2D eigenvalue weighted by atomic mass is 9.79. The molecule has 0 aliphatic carbocycles. The van der Waals surface area contributed by atoms with E-state index >= 15 is 0 Å². The summed E-state index contributed by atoms with van der Waals surface area (Å²) in [6.07, 6.45) is 4.64. The highest BCUT2D eigenvalue weighted by Gasteiger charge is 2.25. The molecular weight excluding hydrogens is 460 g/mol. The molecule has 0 unspecified atom stereocenters. The summed E-state index contributed by atoms with van der Waals surface area (Å²) in [7, 11) is 0. The summed E-state index contributed by atoms with van der Waals surface area (Å²) in [5, 5.41) is 0. The maximum absolute atomic E-state index is 11.5. The molecule has 0 heterocycles. The molecule has 0 bridgehead atoms.